The lowest BCUT2D eigenvalue weighted by atomic mass is 10.0. The Bertz CT molecular complexity index is 568. The highest BCUT2D eigenvalue weighted by molar-refractivity contribution is 7.91. The Balaban J connectivity index is 2.12. The molecule has 1 aliphatic heterocycles. The number of methoxy groups -OCH3 is 1. The summed E-state index contributed by atoms with van der Waals surface area (Å²) in [6.07, 6.45) is 1.66. The fourth-order valence-corrected chi connectivity index (χ4v) is 4.44. The van der Waals surface area contributed by atoms with E-state index in [0.29, 0.717) is 5.75 Å². The number of nitrogens with one attached hydrogen (secondary N) is 1. The number of aryl methyl sites for hydroxylation is 1. The molecule has 5 heteroatoms. The third-order valence-corrected chi connectivity index (χ3v) is 5.62. The highest BCUT2D eigenvalue weighted by atomic mass is 32.2. The molecule has 1 aromatic carbocycles. The van der Waals surface area contributed by atoms with Crippen molar-refractivity contribution in [2.45, 2.75) is 38.8 Å². The van der Waals surface area contributed by atoms with Crippen molar-refractivity contribution in [1.29, 1.82) is 0 Å². The van der Waals surface area contributed by atoms with Gasteiger partial charge in [0.2, 0.25) is 0 Å². The van der Waals surface area contributed by atoms with Crippen molar-refractivity contribution in [3.8, 4) is 5.75 Å². The van der Waals surface area contributed by atoms with E-state index >= 15 is 0 Å². The van der Waals surface area contributed by atoms with Crippen LogP contribution in [0.1, 0.15) is 36.9 Å². The predicted molar refractivity (Wildman–Crippen MR) is 81.0 cm³/mol. The van der Waals surface area contributed by atoms with E-state index < -0.39 is 9.84 Å². The Morgan fingerprint density at radius 3 is 2.80 bits per heavy atom. The van der Waals surface area contributed by atoms with Gasteiger partial charge in [-0.2, -0.15) is 0 Å². The van der Waals surface area contributed by atoms with E-state index in [2.05, 4.69) is 18.3 Å². The number of rotatable bonds is 4. The van der Waals surface area contributed by atoms with E-state index in [4.69, 9.17) is 4.74 Å². The zero-order chi connectivity index (χ0) is 14.8. The van der Waals surface area contributed by atoms with Crippen LogP contribution in [0.25, 0.3) is 0 Å². The van der Waals surface area contributed by atoms with Crippen molar-refractivity contribution in [2.75, 3.05) is 18.6 Å². The molecule has 1 aromatic rings. The SMILES string of the molecule is COc1ccc(C)cc1C(C)NC1CCCS(=O)(=O)C1. The van der Waals surface area contributed by atoms with Crippen LogP contribution in [0.5, 0.6) is 5.75 Å². The zero-order valence-corrected chi connectivity index (χ0v) is 13.2. The van der Waals surface area contributed by atoms with E-state index in [0.717, 1.165) is 24.2 Å². The Morgan fingerprint density at radius 2 is 2.15 bits per heavy atom. The molecule has 1 heterocycles. The molecule has 2 unspecified atom stereocenters. The minimum absolute atomic E-state index is 0.0361. The van der Waals surface area contributed by atoms with Gasteiger partial charge in [0, 0.05) is 17.6 Å². The topological polar surface area (TPSA) is 55.4 Å². The maximum absolute atomic E-state index is 11.7. The van der Waals surface area contributed by atoms with Gasteiger partial charge in [0.25, 0.3) is 0 Å². The fourth-order valence-electron chi connectivity index (χ4n) is 2.79. The second-order valence-electron chi connectivity index (χ2n) is 5.59. The normalized spacial score (nSPS) is 23.2. The average Bonchev–Trinajstić information content (AvgIpc) is 2.37. The van der Waals surface area contributed by atoms with Gasteiger partial charge in [-0.15, -0.1) is 0 Å². The van der Waals surface area contributed by atoms with Crippen LogP contribution < -0.4 is 10.1 Å². The largest absolute Gasteiger partial charge is 0.496 e. The molecule has 1 saturated heterocycles. The summed E-state index contributed by atoms with van der Waals surface area (Å²) in [5, 5.41) is 3.43. The second-order valence-corrected chi connectivity index (χ2v) is 7.82. The lowest BCUT2D eigenvalue weighted by Gasteiger charge is -2.27. The summed E-state index contributed by atoms with van der Waals surface area (Å²) in [6, 6.07) is 6.17. The van der Waals surface area contributed by atoms with Gasteiger partial charge < -0.3 is 10.1 Å². The second kappa shape index (κ2) is 6.14. The number of hydrogen-bond donors (Lipinski definition) is 1. The average molecular weight is 297 g/mol. The van der Waals surface area contributed by atoms with Crippen LogP contribution in [0, 0.1) is 6.92 Å². The van der Waals surface area contributed by atoms with E-state index in [1.165, 1.54) is 5.56 Å². The lowest BCUT2D eigenvalue weighted by Crippen LogP contribution is -2.41. The smallest absolute Gasteiger partial charge is 0.151 e. The molecule has 1 fully saturated rings. The van der Waals surface area contributed by atoms with Crippen LogP contribution in [-0.4, -0.2) is 33.1 Å². The van der Waals surface area contributed by atoms with Crippen LogP contribution in [0.15, 0.2) is 18.2 Å². The van der Waals surface area contributed by atoms with E-state index in [9.17, 15) is 8.42 Å². The molecule has 0 bridgehead atoms. The van der Waals surface area contributed by atoms with Crippen LogP contribution in [0.2, 0.25) is 0 Å². The molecule has 0 radical (unpaired) electrons. The molecule has 2 atom stereocenters. The third-order valence-electron chi connectivity index (χ3n) is 3.80. The summed E-state index contributed by atoms with van der Waals surface area (Å²) in [5.41, 5.74) is 2.25. The molecular formula is C15H23NO3S. The van der Waals surface area contributed by atoms with Gasteiger partial charge in [0.1, 0.15) is 5.75 Å². The van der Waals surface area contributed by atoms with Gasteiger partial charge in [-0.25, -0.2) is 8.42 Å². The molecule has 1 aliphatic rings. The van der Waals surface area contributed by atoms with Crippen LogP contribution in [-0.2, 0) is 9.84 Å². The summed E-state index contributed by atoms with van der Waals surface area (Å²) in [5.74, 6) is 1.41. The molecular weight excluding hydrogens is 274 g/mol. The monoisotopic (exact) mass is 297 g/mol. The molecule has 0 amide bonds. The molecule has 0 saturated carbocycles. The maximum Gasteiger partial charge on any atom is 0.151 e. The Labute approximate surface area is 121 Å². The summed E-state index contributed by atoms with van der Waals surface area (Å²) in [7, 11) is -1.22. The minimum Gasteiger partial charge on any atom is -0.496 e. The van der Waals surface area contributed by atoms with E-state index in [-0.39, 0.29) is 17.8 Å². The van der Waals surface area contributed by atoms with Crippen molar-refractivity contribution in [1.82, 2.24) is 5.32 Å². The van der Waals surface area contributed by atoms with Gasteiger partial charge >= 0.3 is 0 Å². The third kappa shape index (κ3) is 3.73. The molecule has 0 spiro atoms. The summed E-state index contributed by atoms with van der Waals surface area (Å²) in [4.78, 5) is 0. The fraction of sp³-hybridized carbons (Fsp3) is 0.600. The van der Waals surface area contributed by atoms with Crippen molar-refractivity contribution in [3.63, 3.8) is 0 Å². The maximum atomic E-state index is 11.7. The number of sulfone groups is 1. The number of ether oxygens (including phenoxy) is 1. The summed E-state index contributed by atoms with van der Waals surface area (Å²) in [6.45, 7) is 4.10. The van der Waals surface area contributed by atoms with Gasteiger partial charge in [-0.1, -0.05) is 17.7 Å². The van der Waals surface area contributed by atoms with Crippen LogP contribution >= 0.6 is 0 Å². The van der Waals surface area contributed by atoms with Gasteiger partial charge in [0.15, 0.2) is 9.84 Å². The van der Waals surface area contributed by atoms with E-state index in [1.807, 2.05) is 19.1 Å². The van der Waals surface area contributed by atoms with Gasteiger partial charge in [0.05, 0.1) is 18.6 Å². The summed E-state index contributed by atoms with van der Waals surface area (Å²) < 4.78 is 28.8. The van der Waals surface area contributed by atoms with Crippen molar-refractivity contribution < 1.29 is 13.2 Å². The first-order valence-electron chi connectivity index (χ1n) is 7.02. The first kappa shape index (κ1) is 15.3. The minimum atomic E-state index is -2.88. The van der Waals surface area contributed by atoms with Gasteiger partial charge in [-0.05, 0) is 32.8 Å². The first-order chi connectivity index (χ1) is 9.41. The zero-order valence-electron chi connectivity index (χ0n) is 12.3. The van der Waals surface area contributed by atoms with Crippen LogP contribution in [0.3, 0.4) is 0 Å². The van der Waals surface area contributed by atoms with Crippen LogP contribution in [0.4, 0.5) is 0 Å². The van der Waals surface area contributed by atoms with E-state index in [1.54, 1.807) is 7.11 Å². The lowest BCUT2D eigenvalue weighted by molar-refractivity contribution is 0.390. The molecule has 4 nitrogen and oxygen atoms in total. The quantitative estimate of drug-likeness (QED) is 0.926. The standard InChI is InChI=1S/C15H23NO3S/c1-11-6-7-15(19-3)14(9-11)12(2)16-13-5-4-8-20(17,18)10-13/h6-7,9,12-13,16H,4-5,8,10H2,1-3H3. The van der Waals surface area contributed by atoms with Crippen molar-refractivity contribution >= 4 is 9.84 Å². The van der Waals surface area contributed by atoms with Gasteiger partial charge in [-0.3, -0.25) is 0 Å². The Morgan fingerprint density at radius 1 is 1.40 bits per heavy atom. The highest BCUT2D eigenvalue weighted by Gasteiger charge is 2.26. The Kier molecular flexibility index (Phi) is 4.70. The first-order valence-corrected chi connectivity index (χ1v) is 8.84. The van der Waals surface area contributed by atoms with Crippen molar-refractivity contribution in [3.05, 3.63) is 29.3 Å². The molecule has 112 valence electrons. The molecule has 1 N–H and O–H groups in total. The molecule has 0 aliphatic carbocycles. The molecule has 2 rings (SSSR count). The summed E-state index contributed by atoms with van der Waals surface area (Å²) >= 11 is 0. The highest BCUT2D eigenvalue weighted by Crippen LogP contribution is 2.27. The molecule has 20 heavy (non-hydrogen) atoms. The number of hydrogen-bond acceptors (Lipinski definition) is 4. The number of benzene rings is 1. The molecule has 0 aromatic heterocycles. The predicted octanol–water partition coefficient (Wildman–Crippen LogP) is 2.23. The Hall–Kier alpha value is -1.07. The van der Waals surface area contributed by atoms with Crippen molar-refractivity contribution in [2.24, 2.45) is 0 Å².